The van der Waals surface area contributed by atoms with Crippen molar-refractivity contribution in [2.45, 2.75) is 0 Å². The number of nitrogen functional groups attached to an aromatic ring is 1. The van der Waals surface area contributed by atoms with Gasteiger partial charge in [-0.3, -0.25) is 0 Å². The number of aromatic nitrogens is 3. The highest BCUT2D eigenvalue weighted by Crippen LogP contribution is 2.24. The summed E-state index contributed by atoms with van der Waals surface area (Å²) in [5, 5.41) is 4.24. The van der Waals surface area contributed by atoms with Gasteiger partial charge in [-0.05, 0) is 40.2 Å². The number of methoxy groups -OCH3 is 1. The maximum atomic E-state index is 11.5. The number of anilines is 1. The van der Waals surface area contributed by atoms with Crippen LogP contribution in [0.15, 0.2) is 33.4 Å². The Morgan fingerprint density at radius 1 is 1.45 bits per heavy atom. The molecule has 0 saturated carbocycles. The van der Waals surface area contributed by atoms with Crippen molar-refractivity contribution in [1.82, 2.24) is 14.6 Å². The van der Waals surface area contributed by atoms with Crippen LogP contribution in [0.25, 0.3) is 17.2 Å². The van der Waals surface area contributed by atoms with Crippen LogP contribution in [0.4, 0.5) is 5.82 Å². The lowest BCUT2D eigenvalue weighted by atomic mass is 10.2. The van der Waals surface area contributed by atoms with E-state index in [9.17, 15) is 4.79 Å². The summed E-state index contributed by atoms with van der Waals surface area (Å²) in [6.45, 7) is 0. The van der Waals surface area contributed by atoms with Crippen molar-refractivity contribution in [1.29, 1.82) is 0 Å². The average Bonchev–Trinajstić information content (AvgIpc) is 3.03. The number of pyridine rings is 1. The lowest BCUT2D eigenvalue weighted by Crippen LogP contribution is -2.06. The number of hydrogen-bond acceptors (Lipinski definition) is 6. The van der Waals surface area contributed by atoms with Crippen LogP contribution >= 0.6 is 15.9 Å². The fourth-order valence-corrected chi connectivity index (χ4v) is 2.09. The number of ether oxygens (including phenoxy) is 1. The second-order valence-electron chi connectivity index (χ2n) is 3.97. The minimum atomic E-state index is -0.482. The second-order valence-corrected chi connectivity index (χ2v) is 4.75. The lowest BCUT2D eigenvalue weighted by Gasteiger charge is -2.01. The molecule has 0 atom stereocenters. The zero-order valence-corrected chi connectivity index (χ0v) is 11.9. The summed E-state index contributed by atoms with van der Waals surface area (Å²) in [5.74, 6) is 0.681. The first-order valence-electron chi connectivity index (χ1n) is 5.59. The van der Waals surface area contributed by atoms with Crippen LogP contribution in [-0.4, -0.2) is 27.7 Å². The number of furan rings is 1. The molecule has 8 heteroatoms. The highest BCUT2D eigenvalue weighted by molar-refractivity contribution is 9.10. The Balaban J connectivity index is 2.15. The number of esters is 1. The molecular formula is C12H9BrN4O3. The molecule has 3 rings (SSSR count). The summed E-state index contributed by atoms with van der Waals surface area (Å²) in [7, 11) is 1.30. The Labute approximate surface area is 121 Å². The standard InChI is InChI=1S/C12H9BrN4O3/c1-19-12(18)6-4-9(14)17-10(5-6)15-11(16-17)7-2-3-8(13)20-7/h2-5H,14H2,1H3. The quantitative estimate of drug-likeness (QED) is 0.720. The van der Waals surface area contributed by atoms with Crippen molar-refractivity contribution in [3.63, 3.8) is 0 Å². The molecule has 0 aliphatic carbocycles. The third-order valence-corrected chi connectivity index (χ3v) is 3.11. The van der Waals surface area contributed by atoms with Gasteiger partial charge >= 0.3 is 5.97 Å². The van der Waals surface area contributed by atoms with E-state index >= 15 is 0 Å². The Bertz CT molecular complexity index is 808. The fourth-order valence-electron chi connectivity index (χ4n) is 1.78. The zero-order chi connectivity index (χ0) is 14.3. The van der Waals surface area contributed by atoms with Crippen molar-refractivity contribution in [2.75, 3.05) is 12.8 Å². The van der Waals surface area contributed by atoms with Crippen LogP contribution < -0.4 is 5.73 Å². The van der Waals surface area contributed by atoms with Crippen LogP contribution in [0.5, 0.6) is 0 Å². The first kappa shape index (κ1) is 12.7. The molecule has 3 heterocycles. The topological polar surface area (TPSA) is 95.7 Å². The summed E-state index contributed by atoms with van der Waals surface area (Å²) < 4.78 is 12.0. The van der Waals surface area contributed by atoms with Crippen LogP contribution in [0.3, 0.4) is 0 Å². The van der Waals surface area contributed by atoms with Gasteiger partial charge in [-0.25, -0.2) is 9.78 Å². The summed E-state index contributed by atoms with van der Waals surface area (Å²) >= 11 is 3.21. The molecular weight excluding hydrogens is 328 g/mol. The number of hydrogen-bond donors (Lipinski definition) is 1. The first-order valence-corrected chi connectivity index (χ1v) is 6.38. The molecule has 102 valence electrons. The minimum absolute atomic E-state index is 0.285. The van der Waals surface area contributed by atoms with Crippen LogP contribution in [0.2, 0.25) is 0 Å². The smallest absolute Gasteiger partial charge is 0.338 e. The van der Waals surface area contributed by atoms with E-state index in [-0.39, 0.29) is 5.82 Å². The Kier molecular flexibility index (Phi) is 2.94. The molecule has 0 aromatic carbocycles. The van der Waals surface area contributed by atoms with E-state index in [0.717, 1.165) is 0 Å². The first-order chi connectivity index (χ1) is 9.58. The molecule has 0 bridgehead atoms. The van der Waals surface area contributed by atoms with Crippen LogP contribution in [-0.2, 0) is 4.74 Å². The second kappa shape index (κ2) is 4.64. The molecule has 0 amide bonds. The van der Waals surface area contributed by atoms with Crippen molar-refractivity contribution in [3.8, 4) is 11.6 Å². The lowest BCUT2D eigenvalue weighted by molar-refractivity contribution is 0.0601. The van der Waals surface area contributed by atoms with Gasteiger partial charge in [0.05, 0.1) is 12.7 Å². The number of fused-ring (bicyclic) bond motifs is 1. The summed E-state index contributed by atoms with van der Waals surface area (Å²) in [6.07, 6.45) is 0. The van der Waals surface area contributed by atoms with Crippen LogP contribution in [0.1, 0.15) is 10.4 Å². The minimum Gasteiger partial charge on any atom is -0.465 e. The van der Waals surface area contributed by atoms with Crippen LogP contribution in [0, 0.1) is 0 Å². The third kappa shape index (κ3) is 2.03. The number of halogens is 1. The molecule has 0 spiro atoms. The van der Waals surface area contributed by atoms with Crippen molar-refractivity contribution >= 4 is 33.4 Å². The van der Waals surface area contributed by atoms with Gasteiger partial charge < -0.3 is 14.9 Å². The largest absolute Gasteiger partial charge is 0.465 e. The van der Waals surface area contributed by atoms with E-state index < -0.39 is 5.97 Å². The molecule has 2 N–H and O–H groups in total. The molecule has 20 heavy (non-hydrogen) atoms. The average molecular weight is 337 g/mol. The molecule has 3 aromatic heterocycles. The van der Waals surface area contributed by atoms with E-state index in [1.807, 2.05) is 0 Å². The number of carbonyl (C=O) groups excluding carboxylic acids is 1. The maximum Gasteiger partial charge on any atom is 0.338 e. The SMILES string of the molecule is COC(=O)c1cc(N)n2nc(-c3ccc(Br)o3)nc2c1. The Morgan fingerprint density at radius 3 is 2.90 bits per heavy atom. The molecule has 0 unspecified atom stereocenters. The van der Waals surface area contributed by atoms with Crippen molar-refractivity contribution < 1.29 is 13.9 Å². The summed E-state index contributed by atoms with van der Waals surface area (Å²) in [5.41, 5.74) is 6.61. The van der Waals surface area contributed by atoms with E-state index in [4.69, 9.17) is 10.2 Å². The van der Waals surface area contributed by atoms with Gasteiger partial charge in [-0.1, -0.05) is 0 Å². The van der Waals surface area contributed by atoms with E-state index in [1.54, 1.807) is 18.2 Å². The molecule has 0 fully saturated rings. The number of carbonyl (C=O) groups is 1. The van der Waals surface area contributed by atoms with Gasteiger partial charge in [0.2, 0.25) is 5.82 Å². The number of nitrogens with zero attached hydrogens (tertiary/aromatic N) is 3. The molecule has 7 nitrogen and oxygen atoms in total. The number of nitrogens with two attached hydrogens (primary N) is 1. The number of rotatable bonds is 2. The van der Waals surface area contributed by atoms with Gasteiger partial charge in [0.15, 0.2) is 16.1 Å². The molecule has 0 radical (unpaired) electrons. The van der Waals surface area contributed by atoms with E-state index in [1.165, 1.54) is 17.7 Å². The predicted molar refractivity (Wildman–Crippen MR) is 74.1 cm³/mol. The normalized spacial score (nSPS) is 10.9. The summed E-state index contributed by atoms with van der Waals surface area (Å²) in [6, 6.07) is 6.51. The third-order valence-electron chi connectivity index (χ3n) is 2.68. The molecule has 3 aromatic rings. The maximum absolute atomic E-state index is 11.5. The zero-order valence-electron chi connectivity index (χ0n) is 10.3. The highest BCUT2D eigenvalue weighted by Gasteiger charge is 2.15. The Hall–Kier alpha value is -2.35. The molecule has 0 aliphatic rings. The van der Waals surface area contributed by atoms with E-state index in [0.29, 0.717) is 27.5 Å². The summed E-state index contributed by atoms with van der Waals surface area (Å²) in [4.78, 5) is 15.8. The monoisotopic (exact) mass is 336 g/mol. The van der Waals surface area contributed by atoms with E-state index in [2.05, 4.69) is 30.7 Å². The van der Waals surface area contributed by atoms with Crippen molar-refractivity contribution in [3.05, 3.63) is 34.5 Å². The predicted octanol–water partition coefficient (Wildman–Crippen LogP) is 2.12. The Morgan fingerprint density at radius 2 is 2.25 bits per heavy atom. The van der Waals surface area contributed by atoms with Crippen molar-refractivity contribution in [2.24, 2.45) is 0 Å². The fraction of sp³-hybridized carbons (Fsp3) is 0.0833. The van der Waals surface area contributed by atoms with Gasteiger partial charge in [-0.2, -0.15) is 4.52 Å². The molecule has 0 aliphatic heterocycles. The van der Waals surface area contributed by atoms with Gasteiger partial charge in [0, 0.05) is 0 Å². The van der Waals surface area contributed by atoms with Gasteiger partial charge in [0.25, 0.3) is 0 Å². The van der Waals surface area contributed by atoms with Gasteiger partial charge in [-0.15, -0.1) is 5.10 Å². The molecule has 0 saturated heterocycles. The highest BCUT2D eigenvalue weighted by atomic mass is 79.9. The van der Waals surface area contributed by atoms with Gasteiger partial charge in [0.1, 0.15) is 5.82 Å².